The molecule has 1 aliphatic carbocycles. The van der Waals surface area contributed by atoms with Gasteiger partial charge in [-0.05, 0) is 67.0 Å². The van der Waals surface area contributed by atoms with E-state index < -0.39 is 0 Å². The molecule has 0 amide bonds. The molecule has 0 fully saturated rings. The highest BCUT2D eigenvalue weighted by atomic mass is 14.8. The maximum Gasteiger partial charge on any atom is 0.0202 e. The third-order valence-corrected chi connectivity index (χ3v) is 4.19. The fraction of sp³-hybridized carbons (Fsp3) is 0.368. The normalized spacial score (nSPS) is 14.1. The van der Waals surface area contributed by atoms with Crippen LogP contribution in [0.2, 0.25) is 0 Å². The van der Waals surface area contributed by atoms with Gasteiger partial charge < -0.3 is 5.32 Å². The van der Waals surface area contributed by atoms with Gasteiger partial charge in [-0.3, -0.25) is 0 Å². The zero-order valence-electron chi connectivity index (χ0n) is 12.3. The lowest BCUT2D eigenvalue weighted by atomic mass is 9.89. The summed E-state index contributed by atoms with van der Waals surface area (Å²) in [5.41, 5.74) is 7.38. The number of fused-ring (bicyclic) bond motifs is 1. The zero-order valence-corrected chi connectivity index (χ0v) is 12.3. The van der Waals surface area contributed by atoms with Gasteiger partial charge in [-0.2, -0.15) is 0 Å². The average Bonchev–Trinajstić information content (AvgIpc) is 2.48. The van der Waals surface area contributed by atoms with Crippen LogP contribution in [0.3, 0.4) is 0 Å². The Morgan fingerprint density at radius 1 is 0.850 bits per heavy atom. The second-order valence-corrected chi connectivity index (χ2v) is 5.84. The van der Waals surface area contributed by atoms with Crippen LogP contribution in [-0.2, 0) is 25.8 Å². The second-order valence-electron chi connectivity index (χ2n) is 5.84. The van der Waals surface area contributed by atoms with Crippen LogP contribution in [0.15, 0.2) is 42.5 Å². The molecule has 1 heteroatoms. The van der Waals surface area contributed by atoms with Crippen molar-refractivity contribution in [3.05, 3.63) is 70.3 Å². The van der Waals surface area contributed by atoms with E-state index in [0.717, 1.165) is 13.0 Å². The summed E-state index contributed by atoms with van der Waals surface area (Å²) in [6, 6.07) is 16.0. The van der Waals surface area contributed by atoms with Gasteiger partial charge >= 0.3 is 0 Å². The molecule has 1 N–H and O–H groups in total. The largest absolute Gasteiger partial charge is 0.316 e. The van der Waals surface area contributed by atoms with E-state index in [1.54, 1.807) is 11.1 Å². The molecular formula is C19H23N. The van der Waals surface area contributed by atoms with Gasteiger partial charge in [-0.25, -0.2) is 0 Å². The molecule has 0 atom stereocenters. The van der Waals surface area contributed by atoms with E-state index in [4.69, 9.17) is 0 Å². The predicted octanol–water partition coefficient (Wildman–Crippen LogP) is 3.88. The van der Waals surface area contributed by atoms with E-state index in [2.05, 4.69) is 47.8 Å². The first-order chi connectivity index (χ1) is 9.85. The lowest BCUT2D eigenvalue weighted by Crippen LogP contribution is -2.05. The van der Waals surface area contributed by atoms with Gasteiger partial charge in [-0.1, -0.05) is 42.5 Å². The van der Waals surface area contributed by atoms with Crippen molar-refractivity contribution in [3.8, 4) is 0 Å². The Labute approximate surface area is 122 Å². The molecule has 2 aromatic rings. The lowest BCUT2D eigenvalue weighted by molar-refractivity contribution is 0.684. The van der Waals surface area contributed by atoms with E-state index in [-0.39, 0.29) is 0 Å². The van der Waals surface area contributed by atoms with Crippen molar-refractivity contribution >= 4 is 0 Å². The molecule has 2 aromatic carbocycles. The first-order valence-electron chi connectivity index (χ1n) is 7.68. The minimum atomic E-state index is 0.942. The molecule has 20 heavy (non-hydrogen) atoms. The quantitative estimate of drug-likeness (QED) is 0.884. The van der Waals surface area contributed by atoms with Gasteiger partial charge in [0.05, 0.1) is 0 Å². The molecule has 0 aliphatic heterocycles. The summed E-state index contributed by atoms with van der Waals surface area (Å²) in [5, 5.41) is 3.22. The Bertz CT molecular complexity index is 586. The van der Waals surface area contributed by atoms with Gasteiger partial charge in [0.25, 0.3) is 0 Å². The number of benzene rings is 2. The molecule has 0 saturated carbocycles. The molecule has 0 radical (unpaired) electrons. The fourth-order valence-corrected chi connectivity index (χ4v) is 3.19. The Morgan fingerprint density at radius 2 is 1.60 bits per heavy atom. The zero-order chi connectivity index (χ0) is 13.8. The predicted molar refractivity (Wildman–Crippen MR) is 85.1 cm³/mol. The van der Waals surface area contributed by atoms with Gasteiger partial charge in [0.15, 0.2) is 0 Å². The van der Waals surface area contributed by atoms with E-state index >= 15 is 0 Å². The minimum absolute atomic E-state index is 0.942. The maximum absolute atomic E-state index is 3.22. The van der Waals surface area contributed by atoms with Crippen molar-refractivity contribution in [2.75, 3.05) is 7.05 Å². The van der Waals surface area contributed by atoms with Crippen molar-refractivity contribution < 1.29 is 0 Å². The molecule has 0 spiro atoms. The number of nitrogens with one attached hydrogen (secondary N) is 1. The monoisotopic (exact) mass is 265 g/mol. The summed E-state index contributed by atoms with van der Waals surface area (Å²) in [7, 11) is 2.00. The SMILES string of the molecule is CNCc1cccc(Cc2ccc3c(c2)CCCC3)c1. The Kier molecular flexibility index (Phi) is 4.17. The molecule has 0 aromatic heterocycles. The van der Waals surface area contributed by atoms with Crippen LogP contribution < -0.4 is 5.32 Å². The summed E-state index contributed by atoms with van der Waals surface area (Å²) in [5.74, 6) is 0. The van der Waals surface area contributed by atoms with Crippen LogP contribution >= 0.6 is 0 Å². The maximum atomic E-state index is 3.22. The van der Waals surface area contributed by atoms with Crippen molar-refractivity contribution in [1.82, 2.24) is 5.32 Å². The van der Waals surface area contributed by atoms with Crippen LogP contribution in [0, 0.1) is 0 Å². The molecule has 0 saturated heterocycles. The molecular weight excluding hydrogens is 242 g/mol. The topological polar surface area (TPSA) is 12.0 Å². The highest BCUT2D eigenvalue weighted by Gasteiger charge is 2.09. The van der Waals surface area contributed by atoms with Crippen LogP contribution in [-0.4, -0.2) is 7.05 Å². The Hall–Kier alpha value is -1.60. The third-order valence-electron chi connectivity index (χ3n) is 4.19. The van der Waals surface area contributed by atoms with Gasteiger partial charge in [-0.15, -0.1) is 0 Å². The van der Waals surface area contributed by atoms with Crippen molar-refractivity contribution in [2.45, 2.75) is 38.6 Å². The molecule has 1 nitrogen and oxygen atoms in total. The van der Waals surface area contributed by atoms with Crippen LogP contribution in [0.1, 0.15) is 40.7 Å². The second kappa shape index (κ2) is 6.23. The summed E-state index contributed by atoms with van der Waals surface area (Å²) in [6.07, 6.45) is 6.30. The number of hydrogen-bond acceptors (Lipinski definition) is 1. The van der Waals surface area contributed by atoms with Crippen LogP contribution in [0.5, 0.6) is 0 Å². The third kappa shape index (κ3) is 3.10. The Morgan fingerprint density at radius 3 is 2.45 bits per heavy atom. The Balaban J connectivity index is 1.78. The first-order valence-corrected chi connectivity index (χ1v) is 7.68. The highest BCUT2D eigenvalue weighted by Crippen LogP contribution is 2.23. The van der Waals surface area contributed by atoms with Crippen molar-refractivity contribution in [2.24, 2.45) is 0 Å². The molecule has 0 bridgehead atoms. The van der Waals surface area contributed by atoms with Crippen LogP contribution in [0.25, 0.3) is 0 Å². The molecule has 3 rings (SSSR count). The summed E-state index contributed by atoms with van der Waals surface area (Å²) in [4.78, 5) is 0. The van der Waals surface area contributed by atoms with Gasteiger partial charge in [0.1, 0.15) is 0 Å². The van der Waals surface area contributed by atoms with E-state index in [0.29, 0.717) is 0 Å². The standard InChI is InChI=1S/C19H23N/c1-20-14-17-6-4-5-15(12-17)11-16-9-10-18-7-2-3-8-19(18)13-16/h4-6,9-10,12-13,20H,2-3,7-8,11,14H2,1H3. The van der Waals surface area contributed by atoms with Crippen LogP contribution in [0.4, 0.5) is 0 Å². The highest BCUT2D eigenvalue weighted by molar-refractivity contribution is 5.37. The van der Waals surface area contributed by atoms with Crippen molar-refractivity contribution in [1.29, 1.82) is 0 Å². The van der Waals surface area contributed by atoms with Crippen molar-refractivity contribution in [3.63, 3.8) is 0 Å². The summed E-state index contributed by atoms with van der Waals surface area (Å²) >= 11 is 0. The fourth-order valence-electron chi connectivity index (χ4n) is 3.19. The molecule has 1 aliphatic rings. The average molecular weight is 265 g/mol. The first kappa shape index (κ1) is 13.4. The summed E-state index contributed by atoms with van der Waals surface area (Å²) < 4.78 is 0. The number of rotatable bonds is 4. The van der Waals surface area contributed by atoms with E-state index in [1.807, 2.05) is 7.05 Å². The van der Waals surface area contributed by atoms with Gasteiger partial charge in [0, 0.05) is 6.54 Å². The minimum Gasteiger partial charge on any atom is -0.316 e. The number of aryl methyl sites for hydroxylation is 2. The number of hydrogen-bond donors (Lipinski definition) is 1. The smallest absolute Gasteiger partial charge is 0.0202 e. The van der Waals surface area contributed by atoms with Gasteiger partial charge in [0.2, 0.25) is 0 Å². The lowest BCUT2D eigenvalue weighted by Gasteiger charge is -2.16. The molecule has 104 valence electrons. The molecule has 0 unspecified atom stereocenters. The molecule has 0 heterocycles. The van der Waals surface area contributed by atoms with E-state index in [9.17, 15) is 0 Å². The summed E-state index contributed by atoms with van der Waals surface area (Å²) in [6.45, 7) is 0.942. The van der Waals surface area contributed by atoms with E-state index in [1.165, 1.54) is 42.4 Å².